The minimum absolute atomic E-state index is 0.245. The van der Waals surface area contributed by atoms with Gasteiger partial charge in [-0.15, -0.1) is 0 Å². The summed E-state index contributed by atoms with van der Waals surface area (Å²) in [6, 6.07) is 0. The Bertz CT molecular complexity index is 496. The van der Waals surface area contributed by atoms with E-state index in [4.69, 9.17) is 4.74 Å². The van der Waals surface area contributed by atoms with Crippen LogP contribution in [0.5, 0.6) is 0 Å². The van der Waals surface area contributed by atoms with Crippen LogP contribution in [0.3, 0.4) is 0 Å². The molecule has 3 rings (SSSR count). The predicted molar refractivity (Wildman–Crippen MR) is 75.3 cm³/mol. The smallest absolute Gasteiger partial charge is 0.409 e. The molecule has 4 heteroatoms. The van der Waals surface area contributed by atoms with Gasteiger partial charge in [-0.1, -0.05) is 12.2 Å². The molecule has 20 heavy (non-hydrogen) atoms. The highest BCUT2D eigenvalue weighted by Crippen LogP contribution is 2.49. The van der Waals surface area contributed by atoms with Crippen LogP contribution in [0, 0.1) is 5.41 Å². The van der Waals surface area contributed by atoms with Gasteiger partial charge in [0.1, 0.15) is 0 Å². The highest BCUT2D eigenvalue weighted by molar-refractivity contribution is 6.07. The molecule has 1 saturated carbocycles. The van der Waals surface area contributed by atoms with E-state index < -0.39 is 0 Å². The van der Waals surface area contributed by atoms with Gasteiger partial charge in [-0.05, 0) is 44.6 Å². The van der Waals surface area contributed by atoms with Crippen LogP contribution in [0.2, 0.25) is 0 Å². The maximum absolute atomic E-state index is 12.7. The van der Waals surface area contributed by atoms with Crippen LogP contribution in [0.25, 0.3) is 0 Å². The molecule has 0 bridgehead atoms. The number of hydrogen-bond acceptors (Lipinski definition) is 3. The first kappa shape index (κ1) is 13.4. The Morgan fingerprint density at radius 3 is 2.65 bits per heavy atom. The lowest BCUT2D eigenvalue weighted by Crippen LogP contribution is -2.45. The zero-order chi connectivity index (χ0) is 14.2. The van der Waals surface area contributed by atoms with Gasteiger partial charge in [0.05, 0.1) is 6.61 Å². The van der Waals surface area contributed by atoms with Gasteiger partial charge in [-0.25, -0.2) is 4.79 Å². The third kappa shape index (κ3) is 2.07. The normalized spacial score (nSPS) is 24.2. The van der Waals surface area contributed by atoms with E-state index in [1.165, 1.54) is 5.57 Å². The minimum atomic E-state index is -0.247. The Morgan fingerprint density at radius 2 is 2.00 bits per heavy atom. The first-order valence-corrected chi connectivity index (χ1v) is 7.52. The molecule has 0 aromatic heterocycles. The summed E-state index contributed by atoms with van der Waals surface area (Å²) in [5.74, 6) is 0.312. The van der Waals surface area contributed by atoms with Crippen LogP contribution < -0.4 is 0 Å². The van der Waals surface area contributed by atoms with Crippen LogP contribution >= 0.6 is 0 Å². The van der Waals surface area contributed by atoms with Crippen molar-refractivity contribution in [1.29, 1.82) is 0 Å². The largest absolute Gasteiger partial charge is 0.450 e. The SMILES string of the molecule is CCOC(=O)N1CCC2(CC1)CC1=CCCC=C1C2=O. The van der Waals surface area contributed by atoms with E-state index in [1.807, 2.05) is 6.92 Å². The Balaban J connectivity index is 1.71. The summed E-state index contributed by atoms with van der Waals surface area (Å²) < 4.78 is 5.03. The standard InChI is InChI=1S/C16H21NO3/c1-2-20-15(19)17-9-7-16(8-10-17)11-12-5-3-4-6-13(12)14(16)18/h5-6H,2-4,7-11H2,1H3. The second kappa shape index (κ2) is 5.08. The number of carbonyl (C=O) groups excluding carboxylic acids is 2. The molecule has 0 unspecified atom stereocenters. The predicted octanol–water partition coefficient (Wildman–Crippen LogP) is 2.84. The molecule has 0 radical (unpaired) electrons. The van der Waals surface area contributed by atoms with Gasteiger partial charge in [-0.2, -0.15) is 0 Å². The molecule has 1 spiro atoms. The van der Waals surface area contributed by atoms with Crippen LogP contribution in [-0.4, -0.2) is 36.5 Å². The first-order chi connectivity index (χ1) is 9.66. The van der Waals surface area contributed by atoms with Crippen LogP contribution in [0.1, 0.15) is 39.0 Å². The molecule has 0 N–H and O–H groups in total. The van der Waals surface area contributed by atoms with Crippen molar-refractivity contribution in [3.63, 3.8) is 0 Å². The van der Waals surface area contributed by atoms with Gasteiger partial charge in [0.25, 0.3) is 0 Å². The number of piperidine rings is 1. The summed E-state index contributed by atoms with van der Waals surface area (Å²) in [6.45, 7) is 3.48. The number of Topliss-reactive ketones (excluding diaryl/α,β-unsaturated/α-hetero) is 1. The summed E-state index contributed by atoms with van der Waals surface area (Å²) in [4.78, 5) is 26.1. The van der Waals surface area contributed by atoms with E-state index in [2.05, 4.69) is 12.2 Å². The van der Waals surface area contributed by atoms with Crippen LogP contribution in [0.4, 0.5) is 4.79 Å². The average molecular weight is 275 g/mol. The van der Waals surface area contributed by atoms with E-state index in [0.29, 0.717) is 25.5 Å². The number of likely N-dealkylation sites (tertiary alicyclic amines) is 1. The fourth-order valence-electron chi connectivity index (χ4n) is 3.60. The number of ether oxygens (including phenoxy) is 1. The number of fused-ring (bicyclic) bond motifs is 1. The van der Waals surface area contributed by atoms with Crippen LogP contribution in [0.15, 0.2) is 23.3 Å². The quantitative estimate of drug-likeness (QED) is 0.739. The fourth-order valence-corrected chi connectivity index (χ4v) is 3.60. The molecule has 1 heterocycles. The van der Waals surface area contributed by atoms with Gasteiger partial charge in [-0.3, -0.25) is 4.79 Å². The van der Waals surface area contributed by atoms with Crippen molar-refractivity contribution in [2.24, 2.45) is 5.41 Å². The molecule has 0 aromatic carbocycles. The van der Waals surface area contributed by atoms with Crippen molar-refractivity contribution in [2.75, 3.05) is 19.7 Å². The molecule has 3 aliphatic rings. The van der Waals surface area contributed by atoms with Crippen LogP contribution in [-0.2, 0) is 9.53 Å². The minimum Gasteiger partial charge on any atom is -0.450 e. The van der Waals surface area contributed by atoms with E-state index in [-0.39, 0.29) is 11.5 Å². The third-order valence-corrected chi connectivity index (χ3v) is 4.75. The molecule has 1 amide bonds. The number of carbonyl (C=O) groups is 2. The van der Waals surface area contributed by atoms with E-state index in [0.717, 1.165) is 37.7 Å². The third-order valence-electron chi connectivity index (χ3n) is 4.75. The van der Waals surface area contributed by atoms with Crippen molar-refractivity contribution in [3.05, 3.63) is 23.3 Å². The first-order valence-electron chi connectivity index (χ1n) is 7.52. The Morgan fingerprint density at radius 1 is 1.30 bits per heavy atom. The summed E-state index contributed by atoms with van der Waals surface area (Å²) >= 11 is 0. The molecule has 0 atom stereocenters. The summed E-state index contributed by atoms with van der Waals surface area (Å²) in [7, 11) is 0. The molecule has 1 aliphatic heterocycles. The Labute approximate surface area is 119 Å². The highest BCUT2D eigenvalue weighted by atomic mass is 16.6. The average Bonchev–Trinajstić information content (AvgIpc) is 2.73. The fraction of sp³-hybridized carbons (Fsp3) is 0.625. The number of allylic oxidation sites excluding steroid dienone is 4. The zero-order valence-electron chi connectivity index (χ0n) is 12.0. The van der Waals surface area contributed by atoms with Crippen molar-refractivity contribution in [3.8, 4) is 0 Å². The topological polar surface area (TPSA) is 46.6 Å². The highest BCUT2D eigenvalue weighted by Gasteiger charge is 2.49. The van der Waals surface area contributed by atoms with Gasteiger partial charge in [0.2, 0.25) is 0 Å². The Hall–Kier alpha value is -1.58. The molecule has 4 nitrogen and oxygen atoms in total. The lowest BCUT2D eigenvalue weighted by molar-refractivity contribution is -0.125. The van der Waals surface area contributed by atoms with Gasteiger partial charge in [0, 0.05) is 24.1 Å². The summed E-state index contributed by atoms with van der Waals surface area (Å²) in [5, 5.41) is 0. The molecule has 1 saturated heterocycles. The van der Waals surface area contributed by atoms with E-state index in [1.54, 1.807) is 4.90 Å². The monoisotopic (exact) mass is 275 g/mol. The van der Waals surface area contributed by atoms with Crippen molar-refractivity contribution < 1.29 is 14.3 Å². The second-order valence-corrected chi connectivity index (χ2v) is 5.90. The maximum atomic E-state index is 12.7. The molecular weight excluding hydrogens is 254 g/mol. The number of amides is 1. The maximum Gasteiger partial charge on any atom is 0.409 e. The van der Waals surface area contributed by atoms with Gasteiger partial charge in [0.15, 0.2) is 5.78 Å². The number of nitrogens with zero attached hydrogens (tertiary/aromatic N) is 1. The Kier molecular flexibility index (Phi) is 3.40. The number of ketones is 1. The molecule has 0 aromatic rings. The molecular formula is C16H21NO3. The lowest BCUT2D eigenvalue weighted by Gasteiger charge is -2.37. The van der Waals surface area contributed by atoms with Crippen molar-refractivity contribution in [1.82, 2.24) is 4.90 Å². The lowest BCUT2D eigenvalue weighted by atomic mass is 9.76. The summed E-state index contributed by atoms with van der Waals surface area (Å²) in [6.07, 6.45) is 8.51. The summed E-state index contributed by atoms with van der Waals surface area (Å²) in [5.41, 5.74) is 1.96. The molecule has 2 fully saturated rings. The molecule has 108 valence electrons. The van der Waals surface area contributed by atoms with Crippen molar-refractivity contribution in [2.45, 2.75) is 39.0 Å². The van der Waals surface area contributed by atoms with E-state index >= 15 is 0 Å². The number of hydrogen-bond donors (Lipinski definition) is 0. The number of rotatable bonds is 1. The zero-order valence-corrected chi connectivity index (χ0v) is 12.0. The molecule has 2 aliphatic carbocycles. The van der Waals surface area contributed by atoms with Gasteiger partial charge < -0.3 is 9.64 Å². The van der Waals surface area contributed by atoms with E-state index in [9.17, 15) is 9.59 Å². The second-order valence-electron chi connectivity index (χ2n) is 5.90. The van der Waals surface area contributed by atoms with Crippen molar-refractivity contribution >= 4 is 11.9 Å². The van der Waals surface area contributed by atoms with Gasteiger partial charge >= 0.3 is 6.09 Å².